The molecule has 0 heterocycles. The molecule has 106 valence electrons. The number of carbonyl (C=O) groups is 1. The first-order valence-corrected chi connectivity index (χ1v) is 7.25. The highest BCUT2D eigenvalue weighted by Gasteiger charge is 2.43. The predicted molar refractivity (Wildman–Crippen MR) is 84.5 cm³/mol. The van der Waals surface area contributed by atoms with E-state index < -0.39 is 0 Å². The van der Waals surface area contributed by atoms with Crippen LogP contribution in [0, 0.1) is 5.92 Å². The summed E-state index contributed by atoms with van der Waals surface area (Å²) < 4.78 is 0. The van der Waals surface area contributed by atoms with Crippen LogP contribution >= 0.6 is 11.6 Å². The van der Waals surface area contributed by atoms with Gasteiger partial charge in [0.15, 0.2) is 0 Å². The predicted octanol–water partition coefficient (Wildman–Crippen LogP) is 3.59. The molecule has 1 aliphatic rings. The number of nitrogens with one attached hydrogen (secondary N) is 1. The van der Waals surface area contributed by atoms with E-state index >= 15 is 0 Å². The van der Waals surface area contributed by atoms with Crippen molar-refractivity contribution in [2.75, 3.05) is 0 Å². The fraction of sp³-hybridized carbons (Fsp3) is 0.176. The monoisotopic (exact) mass is 298 g/mol. The highest BCUT2D eigenvalue weighted by atomic mass is 35.5. The van der Waals surface area contributed by atoms with E-state index in [1.54, 1.807) is 18.3 Å². The second-order valence-electron chi connectivity index (χ2n) is 5.15. The van der Waals surface area contributed by atoms with Crippen molar-refractivity contribution in [3.05, 3.63) is 70.7 Å². The molecule has 2 aromatic rings. The first-order chi connectivity index (χ1) is 10.2. The number of hydrogen-bond acceptors (Lipinski definition) is 2. The van der Waals surface area contributed by atoms with Crippen LogP contribution in [0.15, 0.2) is 59.7 Å². The molecule has 1 fully saturated rings. The molecule has 1 amide bonds. The van der Waals surface area contributed by atoms with Crippen molar-refractivity contribution in [3.63, 3.8) is 0 Å². The van der Waals surface area contributed by atoms with Crippen molar-refractivity contribution in [3.8, 4) is 0 Å². The van der Waals surface area contributed by atoms with Gasteiger partial charge in [-0.15, -0.1) is 0 Å². The molecule has 2 aromatic carbocycles. The second-order valence-corrected chi connectivity index (χ2v) is 5.59. The van der Waals surface area contributed by atoms with Crippen LogP contribution < -0.4 is 5.43 Å². The molecule has 3 rings (SSSR count). The standard InChI is InChI=1S/C17H15ClN2O/c18-14-8-4-5-12(9-14)11-19-20-17(21)16-10-15(16)13-6-2-1-3-7-13/h1-9,11,15-16H,10H2,(H,20,21). The van der Waals surface area contributed by atoms with Gasteiger partial charge in [-0.2, -0.15) is 5.10 Å². The van der Waals surface area contributed by atoms with Crippen LogP contribution in [0.5, 0.6) is 0 Å². The minimum Gasteiger partial charge on any atom is -0.273 e. The Kier molecular flexibility index (Phi) is 4.02. The summed E-state index contributed by atoms with van der Waals surface area (Å²) in [5, 5.41) is 4.64. The average Bonchev–Trinajstić information content (AvgIpc) is 3.29. The molecule has 0 radical (unpaired) electrons. The van der Waals surface area contributed by atoms with Crippen molar-refractivity contribution >= 4 is 23.7 Å². The Labute approximate surface area is 128 Å². The van der Waals surface area contributed by atoms with E-state index in [2.05, 4.69) is 22.7 Å². The van der Waals surface area contributed by atoms with Gasteiger partial charge in [-0.3, -0.25) is 4.79 Å². The average molecular weight is 299 g/mol. The number of nitrogens with zero attached hydrogens (tertiary/aromatic N) is 1. The number of hydrazone groups is 1. The topological polar surface area (TPSA) is 41.5 Å². The van der Waals surface area contributed by atoms with Gasteiger partial charge < -0.3 is 0 Å². The zero-order valence-corrected chi connectivity index (χ0v) is 12.1. The molecule has 1 saturated carbocycles. The van der Waals surface area contributed by atoms with E-state index in [4.69, 9.17) is 11.6 Å². The summed E-state index contributed by atoms with van der Waals surface area (Å²) in [6, 6.07) is 17.4. The number of halogens is 1. The van der Waals surface area contributed by atoms with Gasteiger partial charge in [-0.05, 0) is 35.6 Å². The first kappa shape index (κ1) is 13.8. The highest BCUT2D eigenvalue weighted by molar-refractivity contribution is 6.30. The Morgan fingerprint density at radius 2 is 2.00 bits per heavy atom. The lowest BCUT2D eigenvalue weighted by Gasteiger charge is -2.00. The Bertz CT molecular complexity index is 670. The third-order valence-electron chi connectivity index (χ3n) is 3.59. The molecule has 0 bridgehead atoms. The molecular formula is C17H15ClN2O. The normalized spacial score (nSPS) is 20.4. The van der Waals surface area contributed by atoms with Crippen LogP contribution in [-0.4, -0.2) is 12.1 Å². The zero-order chi connectivity index (χ0) is 14.7. The van der Waals surface area contributed by atoms with Crippen LogP contribution in [-0.2, 0) is 4.79 Å². The molecule has 0 spiro atoms. The molecule has 2 atom stereocenters. The van der Waals surface area contributed by atoms with Crippen LogP contribution in [0.25, 0.3) is 0 Å². The van der Waals surface area contributed by atoms with Crippen molar-refractivity contribution in [1.82, 2.24) is 5.43 Å². The summed E-state index contributed by atoms with van der Waals surface area (Å²) in [5.74, 6) is 0.332. The summed E-state index contributed by atoms with van der Waals surface area (Å²) in [5.41, 5.74) is 4.68. The van der Waals surface area contributed by atoms with Gasteiger partial charge in [-0.1, -0.05) is 54.1 Å². The smallest absolute Gasteiger partial charge is 0.243 e. The molecule has 1 aliphatic carbocycles. The zero-order valence-electron chi connectivity index (χ0n) is 11.4. The lowest BCUT2D eigenvalue weighted by atomic mass is 10.1. The van der Waals surface area contributed by atoms with Crippen LogP contribution in [0.1, 0.15) is 23.5 Å². The van der Waals surface area contributed by atoms with Gasteiger partial charge in [0.05, 0.1) is 6.21 Å². The summed E-state index contributed by atoms with van der Waals surface area (Å²) in [6.45, 7) is 0. The molecule has 0 aromatic heterocycles. The largest absolute Gasteiger partial charge is 0.273 e. The molecule has 3 nitrogen and oxygen atoms in total. The Morgan fingerprint density at radius 1 is 1.19 bits per heavy atom. The molecule has 4 heteroatoms. The minimum atomic E-state index is -0.0258. The van der Waals surface area contributed by atoms with E-state index in [1.165, 1.54) is 5.56 Å². The molecule has 0 saturated heterocycles. The van der Waals surface area contributed by atoms with Gasteiger partial charge in [0, 0.05) is 10.9 Å². The van der Waals surface area contributed by atoms with Crippen molar-refractivity contribution in [1.29, 1.82) is 0 Å². The first-order valence-electron chi connectivity index (χ1n) is 6.87. The summed E-state index contributed by atoms with van der Waals surface area (Å²) in [6.07, 6.45) is 2.49. The highest BCUT2D eigenvalue weighted by Crippen LogP contribution is 2.47. The Hall–Kier alpha value is -2.13. The van der Waals surface area contributed by atoms with Crippen molar-refractivity contribution < 1.29 is 4.79 Å². The van der Waals surface area contributed by atoms with E-state index in [1.807, 2.05) is 30.3 Å². The third kappa shape index (κ3) is 3.50. The van der Waals surface area contributed by atoms with Crippen LogP contribution in [0.4, 0.5) is 0 Å². The van der Waals surface area contributed by atoms with Crippen LogP contribution in [0.3, 0.4) is 0 Å². The lowest BCUT2D eigenvalue weighted by Crippen LogP contribution is -2.20. The number of amides is 1. The summed E-state index contributed by atoms with van der Waals surface area (Å²) >= 11 is 5.88. The molecule has 21 heavy (non-hydrogen) atoms. The molecular weight excluding hydrogens is 284 g/mol. The summed E-state index contributed by atoms with van der Waals surface area (Å²) in [4.78, 5) is 12.0. The van der Waals surface area contributed by atoms with Gasteiger partial charge in [0.25, 0.3) is 0 Å². The lowest BCUT2D eigenvalue weighted by molar-refractivity contribution is -0.122. The summed E-state index contributed by atoms with van der Waals surface area (Å²) in [7, 11) is 0. The quantitative estimate of drug-likeness (QED) is 0.680. The Balaban J connectivity index is 1.54. The van der Waals surface area contributed by atoms with E-state index in [0.29, 0.717) is 10.9 Å². The maximum absolute atomic E-state index is 12.0. The Morgan fingerprint density at radius 3 is 2.76 bits per heavy atom. The molecule has 0 aliphatic heterocycles. The fourth-order valence-corrected chi connectivity index (χ4v) is 2.59. The number of rotatable bonds is 4. The number of hydrogen-bond donors (Lipinski definition) is 1. The molecule has 1 N–H and O–H groups in total. The van der Waals surface area contributed by atoms with E-state index in [0.717, 1.165) is 12.0 Å². The van der Waals surface area contributed by atoms with Crippen molar-refractivity contribution in [2.45, 2.75) is 12.3 Å². The van der Waals surface area contributed by atoms with Crippen LogP contribution in [0.2, 0.25) is 5.02 Å². The second kappa shape index (κ2) is 6.10. The van der Waals surface area contributed by atoms with E-state index in [-0.39, 0.29) is 11.8 Å². The maximum Gasteiger partial charge on any atom is 0.243 e. The van der Waals surface area contributed by atoms with Gasteiger partial charge in [-0.25, -0.2) is 5.43 Å². The minimum absolute atomic E-state index is 0.0258. The van der Waals surface area contributed by atoms with E-state index in [9.17, 15) is 4.79 Å². The number of carbonyl (C=O) groups excluding carboxylic acids is 1. The van der Waals surface area contributed by atoms with Gasteiger partial charge in [0.1, 0.15) is 0 Å². The molecule has 2 unspecified atom stereocenters. The van der Waals surface area contributed by atoms with Crippen molar-refractivity contribution in [2.24, 2.45) is 11.0 Å². The fourth-order valence-electron chi connectivity index (χ4n) is 2.39. The van der Waals surface area contributed by atoms with Gasteiger partial charge >= 0.3 is 0 Å². The third-order valence-corrected chi connectivity index (χ3v) is 3.83. The number of benzene rings is 2. The SMILES string of the molecule is O=C(NN=Cc1cccc(Cl)c1)C1CC1c1ccccc1. The van der Waals surface area contributed by atoms with Gasteiger partial charge in [0.2, 0.25) is 5.91 Å². The maximum atomic E-state index is 12.0.